The number of benzene rings is 2. The lowest BCUT2D eigenvalue weighted by atomic mass is 9.83. The van der Waals surface area contributed by atoms with Crippen LogP contribution in [0.25, 0.3) is 0 Å². The second-order valence-electron chi connectivity index (χ2n) is 9.77. The highest BCUT2D eigenvalue weighted by Gasteiger charge is 2.52. The summed E-state index contributed by atoms with van der Waals surface area (Å²) >= 11 is 0. The molecule has 2 aromatic carbocycles. The number of aliphatic imine (C=N–C) groups is 1. The molecule has 0 bridgehead atoms. The number of hydrogen-bond acceptors (Lipinski definition) is 6. The first kappa shape index (κ1) is 26.7. The van der Waals surface area contributed by atoms with E-state index >= 15 is 0 Å². The zero-order valence-electron chi connectivity index (χ0n) is 21.7. The van der Waals surface area contributed by atoms with Crippen LogP contribution < -0.4 is 14.8 Å². The Labute approximate surface area is 219 Å². The molecule has 37 heavy (non-hydrogen) atoms. The van der Waals surface area contributed by atoms with Gasteiger partial charge < -0.3 is 24.6 Å². The van der Waals surface area contributed by atoms with Crippen LogP contribution in [0.2, 0.25) is 0 Å². The van der Waals surface area contributed by atoms with Gasteiger partial charge in [-0.15, -0.1) is 6.58 Å². The highest BCUT2D eigenvalue weighted by atomic mass is 16.5. The number of carbonyl (C=O) groups is 1. The van der Waals surface area contributed by atoms with Crippen molar-refractivity contribution in [1.29, 1.82) is 0 Å². The smallest absolute Gasteiger partial charge is 0.252 e. The molecule has 0 aromatic heterocycles. The van der Waals surface area contributed by atoms with Gasteiger partial charge in [-0.25, -0.2) is 4.99 Å². The number of methoxy groups -OCH3 is 1. The van der Waals surface area contributed by atoms with Crippen molar-refractivity contribution in [3.63, 3.8) is 0 Å². The first-order valence-corrected chi connectivity index (χ1v) is 13.2. The van der Waals surface area contributed by atoms with E-state index in [1.165, 1.54) is 19.3 Å². The zero-order valence-corrected chi connectivity index (χ0v) is 21.7. The maximum absolute atomic E-state index is 13.9. The lowest BCUT2D eigenvalue weighted by Gasteiger charge is -2.31. The average Bonchev–Trinajstić information content (AvgIpc) is 3.33. The van der Waals surface area contributed by atoms with Crippen molar-refractivity contribution < 1.29 is 24.1 Å². The van der Waals surface area contributed by atoms with Crippen LogP contribution in [0.15, 0.2) is 66.2 Å². The van der Waals surface area contributed by atoms with Crippen molar-refractivity contribution in [2.24, 2.45) is 10.9 Å². The standard InChI is InChI=1S/C30H38N2O5/c1-3-17-30(29(34)31-21-22-9-5-4-6-10-22)27(24-11-7-12-26(20-24)35-2)37-28(32-30)23-13-15-25(16-14-23)36-19-8-18-33/h3,7,11-16,20,22,27,33H,1,4-6,8-10,17-19,21H2,2H3,(H,31,34)/t27-,30-/m1/s1. The summed E-state index contributed by atoms with van der Waals surface area (Å²) < 4.78 is 17.6. The molecule has 0 radical (unpaired) electrons. The van der Waals surface area contributed by atoms with Crippen LogP contribution in [0.3, 0.4) is 0 Å². The molecule has 0 saturated heterocycles. The maximum Gasteiger partial charge on any atom is 0.252 e. The van der Waals surface area contributed by atoms with Gasteiger partial charge >= 0.3 is 0 Å². The minimum Gasteiger partial charge on any atom is -0.497 e. The number of aliphatic hydroxyl groups is 1. The molecule has 7 heteroatoms. The summed E-state index contributed by atoms with van der Waals surface area (Å²) in [6, 6.07) is 15.0. The van der Waals surface area contributed by atoms with Crippen LogP contribution in [0.1, 0.15) is 62.2 Å². The normalized spacial score (nSPS) is 21.6. The average molecular weight is 507 g/mol. The molecule has 2 aromatic rings. The quantitative estimate of drug-likeness (QED) is 0.313. The van der Waals surface area contributed by atoms with E-state index < -0.39 is 11.6 Å². The van der Waals surface area contributed by atoms with E-state index in [1.807, 2.05) is 48.5 Å². The van der Waals surface area contributed by atoms with Crippen LogP contribution in [0.5, 0.6) is 11.5 Å². The van der Waals surface area contributed by atoms with Gasteiger partial charge in [0.25, 0.3) is 5.91 Å². The molecule has 198 valence electrons. The van der Waals surface area contributed by atoms with Gasteiger partial charge in [0.15, 0.2) is 11.6 Å². The summed E-state index contributed by atoms with van der Waals surface area (Å²) in [6.07, 6.45) is 8.00. The number of nitrogens with zero attached hydrogens (tertiary/aromatic N) is 1. The molecule has 7 nitrogen and oxygen atoms in total. The SMILES string of the molecule is C=CC[C@@]1(C(=O)NCC2CCCCC2)N=C(c2ccc(OCCCO)cc2)O[C@@H]1c1cccc(OC)c1. The largest absolute Gasteiger partial charge is 0.497 e. The number of rotatable bonds is 12. The Hall–Kier alpha value is -3.32. The second-order valence-corrected chi connectivity index (χ2v) is 9.77. The van der Waals surface area contributed by atoms with Crippen molar-refractivity contribution in [3.8, 4) is 11.5 Å². The van der Waals surface area contributed by atoms with Gasteiger partial charge in [-0.05, 0) is 60.7 Å². The Balaban J connectivity index is 1.64. The molecule has 4 rings (SSSR count). The van der Waals surface area contributed by atoms with Crippen LogP contribution in [0.4, 0.5) is 0 Å². The molecular formula is C30H38N2O5. The van der Waals surface area contributed by atoms with Crippen molar-refractivity contribution in [2.75, 3.05) is 26.9 Å². The molecule has 0 unspecified atom stereocenters. The Morgan fingerprint density at radius 2 is 1.97 bits per heavy atom. The number of carbonyl (C=O) groups excluding carboxylic acids is 1. The van der Waals surface area contributed by atoms with Gasteiger partial charge in [0.1, 0.15) is 11.5 Å². The van der Waals surface area contributed by atoms with Gasteiger partial charge in [-0.1, -0.05) is 37.5 Å². The van der Waals surface area contributed by atoms with Crippen LogP contribution in [-0.4, -0.2) is 49.3 Å². The fourth-order valence-corrected chi connectivity index (χ4v) is 5.12. The summed E-state index contributed by atoms with van der Waals surface area (Å²) in [7, 11) is 1.62. The Kier molecular flexibility index (Phi) is 9.23. The predicted molar refractivity (Wildman–Crippen MR) is 144 cm³/mol. The topological polar surface area (TPSA) is 89.4 Å². The van der Waals surface area contributed by atoms with Crippen LogP contribution >= 0.6 is 0 Å². The van der Waals surface area contributed by atoms with E-state index in [9.17, 15) is 4.79 Å². The van der Waals surface area contributed by atoms with Crippen molar-refractivity contribution >= 4 is 11.8 Å². The van der Waals surface area contributed by atoms with Crippen molar-refractivity contribution in [3.05, 3.63) is 72.3 Å². The van der Waals surface area contributed by atoms with E-state index in [0.717, 1.165) is 24.0 Å². The molecule has 0 spiro atoms. The molecule has 2 aliphatic rings. The van der Waals surface area contributed by atoms with E-state index in [1.54, 1.807) is 13.2 Å². The minimum absolute atomic E-state index is 0.0859. The van der Waals surface area contributed by atoms with E-state index in [4.69, 9.17) is 24.3 Å². The van der Waals surface area contributed by atoms with Crippen molar-refractivity contribution in [2.45, 2.75) is 56.6 Å². The van der Waals surface area contributed by atoms with E-state index in [0.29, 0.717) is 49.3 Å². The van der Waals surface area contributed by atoms with Crippen LogP contribution in [0, 0.1) is 5.92 Å². The predicted octanol–water partition coefficient (Wildman–Crippen LogP) is 4.99. The van der Waals surface area contributed by atoms with Gasteiger partial charge in [-0.3, -0.25) is 4.79 Å². The van der Waals surface area contributed by atoms with E-state index in [-0.39, 0.29) is 12.5 Å². The molecule has 1 heterocycles. The molecule has 1 aliphatic heterocycles. The molecule has 1 amide bonds. The zero-order chi connectivity index (χ0) is 26.1. The van der Waals surface area contributed by atoms with Crippen molar-refractivity contribution in [1.82, 2.24) is 5.32 Å². The van der Waals surface area contributed by atoms with E-state index in [2.05, 4.69) is 11.9 Å². The number of amides is 1. The molecule has 1 saturated carbocycles. The Morgan fingerprint density at radius 3 is 2.68 bits per heavy atom. The fraction of sp³-hybridized carbons (Fsp3) is 0.467. The molecule has 2 N–H and O–H groups in total. The second kappa shape index (κ2) is 12.8. The van der Waals surface area contributed by atoms with Gasteiger partial charge in [0.2, 0.25) is 5.90 Å². The first-order valence-electron chi connectivity index (χ1n) is 13.2. The molecule has 1 aliphatic carbocycles. The van der Waals surface area contributed by atoms with Gasteiger partial charge in [0, 0.05) is 31.6 Å². The van der Waals surface area contributed by atoms with Crippen LogP contribution in [-0.2, 0) is 9.53 Å². The number of hydrogen-bond donors (Lipinski definition) is 2. The molecule has 1 fully saturated rings. The summed E-state index contributed by atoms with van der Waals surface area (Å²) in [6.45, 7) is 5.12. The summed E-state index contributed by atoms with van der Waals surface area (Å²) in [5.41, 5.74) is 0.388. The Bertz CT molecular complexity index is 1080. The van der Waals surface area contributed by atoms with Gasteiger partial charge in [-0.2, -0.15) is 0 Å². The third-order valence-corrected chi connectivity index (χ3v) is 7.16. The highest BCUT2D eigenvalue weighted by molar-refractivity contribution is 6.01. The number of aliphatic hydroxyl groups excluding tert-OH is 1. The lowest BCUT2D eigenvalue weighted by Crippen LogP contribution is -2.49. The number of ether oxygens (including phenoxy) is 3. The lowest BCUT2D eigenvalue weighted by molar-refractivity contribution is -0.129. The summed E-state index contributed by atoms with van der Waals surface area (Å²) in [4.78, 5) is 18.9. The van der Waals surface area contributed by atoms with Gasteiger partial charge in [0.05, 0.1) is 13.7 Å². The minimum atomic E-state index is -1.19. The Morgan fingerprint density at radius 1 is 1.19 bits per heavy atom. The third kappa shape index (κ3) is 6.34. The monoisotopic (exact) mass is 506 g/mol. The summed E-state index contributed by atoms with van der Waals surface area (Å²) in [5.74, 6) is 2.14. The number of nitrogens with one attached hydrogen (secondary N) is 1. The highest BCUT2D eigenvalue weighted by Crippen LogP contribution is 2.43. The molecular weight excluding hydrogens is 468 g/mol. The third-order valence-electron chi connectivity index (χ3n) is 7.16. The molecule has 2 atom stereocenters. The first-order chi connectivity index (χ1) is 18.1. The maximum atomic E-state index is 13.9. The fourth-order valence-electron chi connectivity index (χ4n) is 5.12. The summed E-state index contributed by atoms with van der Waals surface area (Å²) in [5, 5.41) is 12.2.